The maximum atomic E-state index is 7.35. The van der Waals surface area contributed by atoms with Crippen LogP contribution in [0.1, 0.15) is 12.8 Å². The Kier molecular flexibility index (Phi) is 5.55. The minimum absolute atomic E-state index is 0.582. The largest absolute Gasteiger partial charge is 0.355 e. The van der Waals surface area contributed by atoms with Crippen LogP contribution in [-0.4, -0.2) is 62.5 Å². The molecule has 6 rings (SSSR count). The number of imidazole rings is 1. The molecule has 0 radical (unpaired) electrons. The van der Waals surface area contributed by atoms with E-state index in [9.17, 15) is 0 Å². The molecular weight excluding hydrogens is 448 g/mol. The van der Waals surface area contributed by atoms with Crippen LogP contribution in [0.2, 0.25) is 0 Å². The fourth-order valence-electron chi connectivity index (χ4n) is 5.05. The summed E-state index contributed by atoms with van der Waals surface area (Å²) in [7, 11) is 4.31. The molecule has 0 atom stereocenters. The van der Waals surface area contributed by atoms with Gasteiger partial charge in [0.25, 0.3) is 0 Å². The second-order valence-electron chi connectivity index (χ2n) is 9.39. The molecule has 4 aromatic heterocycles. The van der Waals surface area contributed by atoms with Crippen molar-refractivity contribution in [3.8, 4) is 22.5 Å². The van der Waals surface area contributed by atoms with Crippen molar-refractivity contribution < 1.29 is 0 Å². The number of hydrogen-bond donors (Lipinski definition) is 0. The quantitative estimate of drug-likeness (QED) is 0.338. The highest BCUT2D eigenvalue weighted by atomic mass is 15.2. The Morgan fingerprint density at radius 1 is 0.972 bits per heavy atom. The van der Waals surface area contributed by atoms with E-state index in [1.54, 1.807) is 6.20 Å². The van der Waals surface area contributed by atoms with E-state index in [1.807, 2.05) is 55.1 Å². The van der Waals surface area contributed by atoms with E-state index in [0.29, 0.717) is 11.7 Å². The SMILES string of the molecule is [C-]#[N+]c1ccc(-c2nc(N3CCC(N(C)C)CC3)c3cncn3c2-c2cnc3cccnc3c2)cc1. The third-order valence-electron chi connectivity index (χ3n) is 7.04. The van der Waals surface area contributed by atoms with Gasteiger partial charge in [0.1, 0.15) is 5.52 Å². The monoisotopic (exact) mass is 474 g/mol. The lowest BCUT2D eigenvalue weighted by Crippen LogP contribution is -2.42. The molecule has 0 unspecified atom stereocenters. The van der Waals surface area contributed by atoms with E-state index in [0.717, 1.165) is 70.8 Å². The van der Waals surface area contributed by atoms with Crippen LogP contribution in [0.3, 0.4) is 0 Å². The van der Waals surface area contributed by atoms with Crippen LogP contribution in [0.25, 0.3) is 43.9 Å². The molecule has 1 saturated heterocycles. The molecule has 0 bridgehead atoms. The number of nitrogens with zero attached hydrogens (tertiary/aromatic N) is 8. The van der Waals surface area contributed by atoms with E-state index >= 15 is 0 Å². The molecule has 0 N–H and O–H groups in total. The lowest BCUT2D eigenvalue weighted by atomic mass is 10.0. The number of anilines is 1. The number of piperidine rings is 1. The number of fused-ring (bicyclic) bond motifs is 2. The van der Waals surface area contributed by atoms with E-state index in [1.165, 1.54) is 0 Å². The highest BCUT2D eigenvalue weighted by Crippen LogP contribution is 2.37. The smallest absolute Gasteiger partial charge is 0.187 e. The third kappa shape index (κ3) is 3.84. The molecule has 5 heterocycles. The van der Waals surface area contributed by atoms with Crippen molar-refractivity contribution in [1.29, 1.82) is 0 Å². The summed E-state index contributed by atoms with van der Waals surface area (Å²) in [6.45, 7) is 9.22. The number of pyridine rings is 2. The van der Waals surface area contributed by atoms with Gasteiger partial charge in [-0.15, -0.1) is 0 Å². The fraction of sp³-hybridized carbons (Fsp3) is 0.250. The van der Waals surface area contributed by atoms with Crippen molar-refractivity contribution in [3.63, 3.8) is 0 Å². The van der Waals surface area contributed by atoms with Crippen molar-refractivity contribution >= 4 is 28.1 Å². The Bertz CT molecular complexity index is 1590. The summed E-state index contributed by atoms with van der Waals surface area (Å²) >= 11 is 0. The standard InChI is InChI=1S/C28H26N8/c1-29-21-8-6-19(7-9-21)26-27(20-15-24-23(32-16-20)5-4-12-31-24)36-18-30-17-25(36)28(33-26)35-13-10-22(11-14-35)34(2)3/h4-9,12,15-18,22H,10-11,13-14H2,2-3H3. The van der Waals surface area contributed by atoms with E-state index < -0.39 is 0 Å². The van der Waals surface area contributed by atoms with Gasteiger partial charge in [0, 0.05) is 37.1 Å². The Morgan fingerprint density at radius 2 is 1.78 bits per heavy atom. The number of hydrogen-bond acceptors (Lipinski definition) is 6. The minimum atomic E-state index is 0.582. The molecule has 5 aromatic rings. The number of aromatic nitrogens is 5. The summed E-state index contributed by atoms with van der Waals surface area (Å²) in [5, 5.41) is 0. The van der Waals surface area contributed by atoms with E-state index in [-0.39, 0.29) is 0 Å². The van der Waals surface area contributed by atoms with Gasteiger partial charge in [0.2, 0.25) is 0 Å². The van der Waals surface area contributed by atoms with Crippen LogP contribution < -0.4 is 4.90 Å². The number of benzene rings is 1. The molecular formula is C28H26N8. The molecule has 36 heavy (non-hydrogen) atoms. The average Bonchev–Trinajstić information content (AvgIpc) is 3.42. The van der Waals surface area contributed by atoms with E-state index in [2.05, 4.69) is 54.2 Å². The van der Waals surface area contributed by atoms with Crippen molar-refractivity contribution in [3.05, 3.63) is 78.8 Å². The average molecular weight is 475 g/mol. The first-order chi connectivity index (χ1) is 17.6. The van der Waals surface area contributed by atoms with Gasteiger partial charge in [-0.3, -0.25) is 14.4 Å². The molecule has 0 amide bonds. The summed E-state index contributed by atoms with van der Waals surface area (Å²) in [5.74, 6) is 0.935. The maximum absolute atomic E-state index is 7.35. The van der Waals surface area contributed by atoms with Gasteiger partial charge < -0.3 is 9.80 Å². The van der Waals surface area contributed by atoms with Crippen molar-refractivity contribution in [1.82, 2.24) is 29.2 Å². The van der Waals surface area contributed by atoms with E-state index in [4.69, 9.17) is 11.6 Å². The minimum Gasteiger partial charge on any atom is -0.355 e. The Balaban J connectivity index is 1.55. The Hall–Kier alpha value is -4.35. The van der Waals surface area contributed by atoms with Gasteiger partial charge in [0.05, 0.1) is 41.5 Å². The molecule has 0 saturated carbocycles. The summed E-state index contributed by atoms with van der Waals surface area (Å²) in [6, 6.07) is 14.1. The first-order valence-electron chi connectivity index (χ1n) is 12.1. The maximum Gasteiger partial charge on any atom is 0.187 e. The van der Waals surface area contributed by atoms with Gasteiger partial charge >= 0.3 is 0 Å². The second-order valence-corrected chi connectivity index (χ2v) is 9.39. The molecule has 1 aliphatic heterocycles. The normalized spacial score (nSPS) is 14.6. The lowest BCUT2D eigenvalue weighted by Gasteiger charge is -2.36. The molecule has 1 aliphatic rings. The summed E-state index contributed by atoms with van der Waals surface area (Å²) in [4.78, 5) is 27.2. The van der Waals surface area contributed by atoms with Crippen molar-refractivity contribution in [2.24, 2.45) is 0 Å². The summed E-state index contributed by atoms with van der Waals surface area (Å²) < 4.78 is 2.12. The van der Waals surface area contributed by atoms with Crippen molar-refractivity contribution in [2.75, 3.05) is 32.1 Å². The lowest BCUT2D eigenvalue weighted by molar-refractivity contribution is 0.249. The number of rotatable bonds is 4. The topological polar surface area (TPSA) is 66.8 Å². The summed E-state index contributed by atoms with van der Waals surface area (Å²) in [6.07, 6.45) is 9.57. The van der Waals surface area contributed by atoms with Crippen LogP contribution in [0.4, 0.5) is 11.5 Å². The van der Waals surface area contributed by atoms with Crippen LogP contribution in [0.5, 0.6) is 0 Å². The van der Waals surface area contributed by atoms with Crippen molar-refractivity contribution in [2.45, 2.75) is 18.9 Å². The predicted molar refractivity (Wildman–Crippen MR) is 142 cm³/mol. The zero-order chi connectivity index (χ0) is 24.6. The van der Waals surface area contributed by atoms with Gasteiger partial charge in [-0.05, 0) is 50.7 Å². The highest BCUT2D eigenvalue weighted by molar-refractivity contribution is 5.88. The first kappa shape index (κ1) is 22.1. The molecule has 8 heteroatoms. The second kappa shape index (κ2) is 9.02. The molecule has 0 aliphatic carbocycles. The Morgan fingerprint density at radius 3 is 2.53 bits per heavy atom. The highest BCUT2D eigenvalue weighted by Gasteiger charge is 2.26. The van der Waals surface area contributed by atoms with Crippen LogP contribution in [0, 0.1) is 6.57 Å². The van der Waals surface area contributed by atoms with Gasteiger partial charge in [-0.2, -0.15) is 0 Å². The fourth-order valence-corrected chi connectivity index (χ4v) is 5.05. The first-order valence-corrected chi connectivity index (χ1v) is 12.1. The molecule has 1 fully saturated rings. The Labute approximate surface area is 209 Å². The molecule has 1 aromatic carbocycles. The molecule has 178 valence electrons. The van der Waals surface area contributed by atoms with Crippen LogP contribution in [-0.2, 0) is 0 Å². The predicted octanol–water partition coefficient (Wildman–Crippen LogP) is 5.09. The van der Waals surface area contributed by atoms with Gasteiger partial charge in [-0.25, -0.2) is 14.8 Å². The zero-order valence-corrected chi connectivity index (χ0v) is 20.3. The van der Waals surface area contributed by atoms with Gasteiger partial charge in [-0.1, -0.05) is 24.3 Å². The van der Waals surface area contributed by atoms with Gasteiger partial charge in [0.15, 0.2) is 11.5 Å². The molecule has 8 nitrogen and oxygen atoms in total. The third-order valence-corrected chi connectivity index (χ3v) is 7.04. The zero-order valence-electron chi connectivity index (χ0n) is 20.3. The summed E-state index contributed by atoms with van der Waals surface area (Å²) in [5.41, 5.74) is 6.84. The molecule has 0 spiro atoms. The van der Waals surface area contributed by atoms with Crippen LogP contribution in [0.15, 0.2) is 67.4 Å². The van der Waals surface area contributed by atoms with Crippen LogP contribution >= 0.6 is 0 Å².